The molecule has 1 saturated heterocycles. The Hall–Kier alpha value is -1.32. The van der Waals surface area contributed by atoms with E-state index in [1.807, 2.05) is 13.8 Å². The molecule has 17 heavy (non-hydrogen) atoms. The van der Waals surface area contributed by atoms with Gasteiger partial charge in [0.2, 0.25) is 0 Å². The molecule has 0 unspecified atom stereocenters. The van der Waals surface area contributed by atoms with Gasteiger partial charge in [-0.25, -0.2) is 5.01 Å². The molecular formula is C13H20N2O2. The highest BCUT2D eigenvalue weighted by molar-refractivity contribution is 6.10. The molecule has 4 nitrogen and oxygen atoms in total. The molecule has 0 atom stereocenters. The van der Waals surface area contributed by atoms with Gasteiger partial charge < -0.3 is 0 Å². The molecule has 1 aliphatic carbocycles. The van der Waals surface area contributed by atoms with E-state index >= 15 is 0 Å². The summed E-state index contributed by atoms with van der Waals surface area (Å²) in [4.78, 5) is 24.4. The highest BCUT2D eigenvalue weighted by Crippen LogP contribution is 2.36. The van der Waals surface area contributed by atoms with Gasteiger partial charge >= 0.3 is 0 Å². The average Bonchev–Trinajstić information content (AvgIpc) is 2.63. The summed E-state index contributed by atoms with van der Waals surface area (Å²) < 4.78 is 0. The van der Waals surface area contributed by atoms with Crippen LogP contribution in [-0.2, 0) is 9.59 Å². The quantitative estimate of drug-likeness (QED) is 0.763. The Balaban J connectivity index is 2.26. The predicted octanol–water partition coefficient (Wildman–Crippen LogP) is 2.12. The second kappa shape index (κ2) is 4.51. The molecular weight excluding hydrogens is 216 g/mol. The van der Waals surface area contributed by atoms with Gasteiger partial charge in [-0.05, 0) is 38.5 Å². The van der Waals surface area contributed by atoms with E-state index in [2.05, 4.69) is 11.5 Å². The SMILES string of the molecule is CCC1(CC)C(=O)NN(C2=CCCCC2)C1=O. The Kier molecular flexibility index (Phi) is 3.22. The summed E-state index contributed by atoms with van der Waals surface area (Å²) in [5.74, 6) is -0.209. The lowest BCUT2D eigenvalue weighted by Crippen LogP contribution is -2.36. The molecule has 4 heteroatoms. The second-order valence-corrected chi connectivity index (χ2v) is 4.81. The molecule has 1 N–H and O–H groups in total. The van der Waals surface area contributed by atoms with Gasteiger partial charge in [0.05, 0.1) is 0 Å². The Morgan fingerprint density at radius 3 is 2.47 bits per heavy atom. The van der Waals surface area contributed by atoms with Crippen molar-refractivity contribution in [1.82, 2.24) is 10.4 Å². The van der Waals surface area contributed by atoms with Crippen LogP contribution in [0.3, 0.4) is 0 Å². The van der Waals surface area contributed by atoms with Crippen molar-refractivity contribution in [3.63, 3.8) is 0 Å². The number of allylic oxidation sites excluding steroid dienone is 2. The summed E-state index contributed by atoms with van der Waals surface area (Å²) in [6.07, 6.45) is 7.36. The molecule has 1 fully saturated rings. The Morgan fingerprint density at radius 1 is 1.29 bits per heavy atom. The van der Waals surface area contributed by atoms with E-state index in [9.17, 15) is 9.59 Å². The van der Waals surface area contributed by atoms with E-state index in [-0.39, 0.29) is 11.8 Å². The van der Waals surface area contributed by atoms with Gasteiger partial charge in [-0.2, -0.15) is 0 Å². The molecule has 2 aliphatic rings. The van der Waals surface area contributed by atoms with Gasteiger partial charge in [0.25, 0.3) is 11.8 Å². The highest BCUT2D eigenvalue weighted by atomic mass is 16.2. The number of carbonyl (C=O) groups excluding carboxylic acids is 2. The maximum Gasteiger partial charge on any atom is 0.261 e. The first kappa shape index (κ1) is 12.1. The van der Waals surface area contributed by atoms with Crippen molar-refractivity contribution in [2.45, 2.75) is 52.4 Å². The highest BCUT2D eigenvalue weighted by Gasteiger charge is 2.52. The van der Waals surface area contributed by atoms with Crippen molar-refractivity contribution in [3.8, 4) is 0 Å². The van der Waals surface area contributed by atoms with E-state index in [0.717, 1.165) is 25.0 Å². The summed E-state index contributed by atoms with van der Waals surface area (Å²) >= 11 is 0. The fraction of sp³-hybridized carbons (Fsp3) is 0.692. The minimum Gasteiger partial charge on any atom is -0.272 e. The number of rotatable bonds is 3. The maximum atomic E-state index is 12.4. The summed E-state index contributed by atoms with van der Waals surface area (Å²) in [6.45, 7) is 3.81. The van der Waals surface area contributed by atoms with E-state index < -0.39 is 5.41 Å². The molecule has 0 saturated carbocycles. The number of hydrogen-bond acceptors (Lipinski definition) is 2. The number of hydrogen-bond donors (Lipinski definition) is 1. The van der Waals surface area contributed by atoms with E-state index in [1.165, 1.54) is 11.4 Å². The Morgan fingerprint density at radius 2 is 2.00 bits per heavy atom. The van der Waals surface area contributed by atoms with Gasteiger partial charge in [0, 0.05) is 5.70 Å². The molecule has 0 spiro atoms. The monoisotopic (exact) mass is 236 g/mol. The zero-order chi connectivity index (χ0) is 12.5. The first-order valence-corrected chi connectivity index (χ1v) is 6.50. The van der Waals surface area contributed by atoms with Crippen LogP contribution in [0.15, 0.2) is 11.8 Å². The molecule has 0 radical (unpaired) electrons. The van der Waals surface area contributed by atoms with E-state index in [0.29, 0.717) is 12.8 Å². The summed E-state index contributed by atoms with van der Waals surface area (Å²) in [7, 11) is 0. The lowest BCUT2D eigenvalue weighted by molar-refractivity contribution is -0.138. The van der Waals surface area contributed by atoms with Crippen LogP contribution in [0, 0.1) is 5.41 Å². The lowest BCUT2D eigenvalue weighted by Gasteiger charge is -2.24. The first-order valence-electron chi connectivity index (χ1n) is 6.50. The third kappa shape index (κ3) is 1.75. The first-order chi connectivity index (χ1) is 8.15. The van der Waals surface area contributed by atoms with Crippen molar-refractivity contribution >= 4 is 11.8 Å². The molecule has 2 amide bonds. The fourth-order valence-corrected chi connectivity index (χ4v) is 2.67. The molecule has 1 aliphatic heterocycles. The van der Waals surface area contributed by atoms with Crippen LogP contribution < -0.4 is 5.43 Å². The van der Waals surface area contributed by atoms with Crippen LogP contribution in [0.25, 0.3) is 0 Å². The van der Waals surface area contributed by atoms with Crippen molar-refractivity contribution < 1.29 is 9.59 Å². The summed E-state index contributed by atoms with van der Waals surface area (Å²) in [6, 6.07) is 0. The Labute approximate surface area is 102 Å². The minimum atomic E-state index is -0.835. The van der Waals surface area contributed by atoms with Crippen molar-refractivity contribution in [2.24, 2.45) is 5.41 Å². The smallest absolute Gasteiger partial charge is 0.261 e. The second-order valence-electron chi connectivity index (χ2n) is 4.81. The van der Waals surface area contributed by atoms with Crippen molar-refractivity contribution in [1.29, 1.82) is 0 Å². The molecule has 2 rings (SSSR count). The minimum absolute atomic E-state index is 0.0688. The zero-order valence-corrected chi connectivity index (χ0v) is 10.6. The summed E-state index contributed by atoms with van der Waals surface area (Å²) in [5.41, 5.74) is 2.88. The van der Waals surface area contributed by atoms with Crippen LogP contribution in [0.5, 0.6) is 0 Å². The third-order valence-electron chi connectivity index (χ3n) is 4.02. The lowest BCUT2D eigenvalue weighted by atomic mass is 9.81. The van der Waals surface area contributed by atoms with Crippen LogP contribution in [0.1, 0.15) is 52.4 Å². The number of nitrogens with one attached hydrogen (secondary N) is 1. The van der Waals surface area contributed by atoms with Gasteiger partial charge in [0.1, 0.15) is 5.41 Å². The maximum absolute atomic E-state index is 12.4. The van der Waals surface area contributed by atoms with Gasteiger partial charge in [-0.3, -0.25) is 15.0 Å². The molecule has 94 valence electrons. The van der Waals surface area contributed by atoms with Crippen molar-refractivity contribution in [3.05, 3.63) is 11.8 Å². The third-order valence-corrected chi connectivity index (χ3v) is 4.02. The molecule has 0 bridgehead atoms. The fourth-order valence-electron chi connectivity index (χ4n) is 2.67. The number of hydrazine groups is 1. The average molecular weight is 236 g/mol. The predicted molar refractivity (Wildman–Crippen MR) is 64.6 cm³/mol. The van der Waals surface area contributed by atoms with E-state index in [4.69, 9.17) is 0 Å². The summed E-state index contributed by atoms with van der Waals surface area (Å²) in [5, 5.41) is 1.49. The van der Waals surface area contributed by atoms with Gasteiger partial charge in [-0.15, -0.1) is 0 Å². The Bertz CT molecular complexity index is 370. The normalized spacial score (nSPS) is 23.6. The molecule has 1 heterocycles. The van der Waals surface area contributed by atoms with Gasteiger partial charge in [-0.1, -0.05) is 19.9 Å². The van der Waals surface area contributed by atoms with Crippen LogP contribution in [0.2, 0.25) is 0 Å². The number of amides is 2. The molecule has 0 aromatic rings. The number of nitrogens with zero attached hydrogens (tertiary/aromatic N) is 1. The van der Waals surface area contributed by atoms with Crippen LogP contribution >= 0.6 is 0 Å². The standard InChI is InChI=1S/C13H20N2O2/c1-3-13(4-2)11(16)14-15(12(13)17)10-8-6-5-7-9-10/h8H,3-7,9H2,1-2H3,(H,14,16). The molecule has 0 aromatic heterocycles. The topological polar surface area (TPSA) is 49.4 Å². The largest absolute Gasteiger partial charge is 0.272 e. The van der Waals surface area contributed by atoms with Crippen molar-refractivity contribution in [2.75, 3.05) is 0 Å². The van der Waals surface area contributed by atoms with E-state index in [1.54, 1.807) is 0 Å². The zero-order valence-electron chi connectivity index (χ0n) is 10.6. The van der Waals surface area contributed by atoms with Crippen LogP contribution in [-0.4, -0.2) is 16.8 Å². The van der Waals surface area contributed by atoms with Crippen LogP contribution in [0.4, 0.5) is 0 Å². The van der Waals surface area contributed by atoms with Gasteiger partial charge in [0.15, 0.2) is 0 Å². The number of carbonyl (C=O) groups is 2. The molecule has 0 aromatic carbocycles.